The Balaban J connectivity index is 2.45. The number of piperidine rings is 1. The second-order valence-corrected chi connectivity index (χ2v) is 3.80. The SMILES string of the molecule is C#CC(CC)NC1CCC(=O)NC1C. The van der Waals surface area contributed by atoms with Crippen LogP contribution in [-0.2, 0) is 4.79 Å². The second-order valence-electron chi connectivity index (χ2n) is 3.80. The van der Waals surface area contributed by atoms with E-state index in [9.17, 15) is 4.79 Å². The summed E-state index contributed by atoms with van der Waals surface area (Å²) in [6.45, 7) is 4.07. The van der Waals surface area contributed by atoms with Crippen molar-refractivity contribution in [3.8, 4) is 12.3 Å². The van der Waals surface area contributed by atoms with Crippen LogP contribution in [-0.4, -0.2) is 24.0 Å². The Morgan fingerprint density at radius 1 is 1.79 bits per heavy atom. The molecule has 0 radical (unpaired) electrons. The number of amides is 1. The van der Waals surface area contributed by atoms with E-state index < -0.39 is 0 Å². The van der Waals surface area contributed by atoms with E-state index in [1.807, 2.05) is 6.92 Å². The molecule has 14 heavy (non-hydrogen) atoms. The van der Waals surface area contributed by atoms with E-state index in [-0.39, 0.29) is 18.0 Å². The van der Waals surface area contributed by atoms with Crippen LogP contribution in [0.5, 0.6) is 0 Å². The minimum Gasteiger partial charge on any atom is -0.352 e. The molecule has 2 N–H and O–H groups in total. The zero-order valence-electron chi connectivity index (χ0n) is 8.84. The predicted octanol–water partition coefficient (Wildman–Crippen LogP) is 0.655. The molecule has 1 aliphatic heterocycles. The number of hydrogen-bond donors (Lipinski definition) is 2. The molecule has 1 saturated heterocycles. The Morgan fingerprint density at radius 3 is 3.00 bits per heavy atom. The third kappa shape index (κ3) is 2.74. The van der Waals surface area contributed by atoms with Gasteiger partial charge in [-0.25, -0.2) is 0 Å². The smallest absolute Gasteiger partial charge is 0.220 e. The molecule has 1 rings (SSSR count). The number of rotatable bonds is 3. The van der Waals surface area contributed by atoms with E-state index >= 15 is 0 Å². The molecule has 3 atom stereocenters. The molecule has 78 valence electrons. The zero-order valence-corrected chi connectivity index (χ0v) is 8.84. The van der Waals surface area contributed by atoms with Gasteiger partial charge in [0.1, 0.15) is 0 Å². The van der Waals surface area contributed by atoms with Crippen LogP contribution < -0.4 is 10.6 Å². The summed E-state index contributed by atoms with van der Waals surface area (Å²) in [4.78, 5) is 11.1. The van der Waals surface area contributed by atoms with Gasteiger partial charge in [-0.15, -0.1) is 6.42 Å². The van der Waals surface area contributed by atoms with Crippen molar-refractivity contribution in [2.75, 3.05) is 0 Å². The molecule has 0 spiro atoms. The lowest BCUT2D eigenvalue weighted by Gasteiger charge is -2.32. The van der Waals surface area contributed by atoms with Crippen molar-refractivity contribution in [2.24, 2.45) is 0 Å². The van der Waals surface area contributed by atoms with Crippen LogP contribution in [0.15, 0.2) is 0 Å². The van der Waals surface area contributed by atoms with Crippen LogP contribution in [0, 0.1) is 12.3 Å². The molecule has 0 aromatic heterocycles. The van der Waals surface area contributed by atoms with Crippen molar-refractivity contribution in [3.63, 3.8) is 0 Å². The van der Waals surface area contributed by atoms with E-state index in [4.69, 9.17) is 6.42 Å². The normalized spacial score (nSPS) is 29.1. The average Bonchev–Trinajstić information content (AvgIpc) is 2.17. The second kappa shape index (κ2) is 5.02. The molecule has 0 saturated carbocycles. The van der Waals surface area contributed by atoms with Gasteiger partial charge >= 0.3 is 0 Å². The van der Waals surface area contributed by atoms with Crippen molar-refractivity contribution in [2.45, 2.75) is 51.2 Å². The highest BCUT2D eigenvalue weighted by Gasteiger charge is 2.25. The summed E-state index contributed by atoms with van der Waals surface area (Å²) < 4.78 is 0. The van der Waals surface area contributed by atoms with Gasteiger partial charge in [0.05, 0.1) is 6.04 Å². The number of hydrogen-bond acceptors (Lipinski definition) is 2. The lowest BCUT2D eigenvalue weighted by Crippen LogP contribution is -2.54. The van der Waals surface area contributed by atoms with Gasteiger partial charge in [0.15, 0.2) is 0 Å². The Labute approximate surface area is 85.6 Å². The quantitative estimate of drug-likeness (QED) is 0.648. The van der Waals surface area contributed by atoms with Gasteiger partial charge in [0, 0.05) is 18.5 Å². The summed E-state index contributed by atoms with van der Waals surface area (Å²) >= 11 is 0. The van der Waals surface area contributed by atoms with Crippen molar-refractivity contribution >= 4 is 5.91 Å². The van der Waals surface area contributed by atoms with Crippen LogP contribution in [0.25, 0.3) is 0 Å². The third-order valence-electron chi connectivity index (χ3n) is 2.70. The van der Waals surface area contributed by atoms with Crippen LogP contribution in [0.3, 0.4) is 0 Å². The molecule has 0 aromatic carbocycles. The standard InChI is InChI=1S/C11H18N2O/c1-4-9(5-2)13-10-6-7-11(14)12-8(10)3/h1,8-10,13H,5-7H2,2-3H3,(H,12,14). The fourth-order valence-corrected chi connectivity index (χ4v) is 1.73. The van der Waals surface area contributed by atoms with Crippen molar-refractivity contribution in [3.05, 3.63) is 0 Å². The number of nitrogens with one attached hydrogen (secondary N) is 2. The molecule has 3 heteroatoms. The van der Waals surface area contributed by atoms with E-state index in [1.54, 1.807) is 0 Å². The van der Waals surface area contributed by atoms with Gasteiger partial charge in [0.2, 0.25) is 5.91 Å². The van der Waals surface area contributed by atoms with Gasteiger partial charge < -0.3 is 5.32 Å². The molecule has 1 heterocycles. The molecular formula is C11H18N2O. The van der Waals surface area contributed by atoms with Crippen LogP contribution in [0.2, 0.25) is 0 Å². The first-order valence-electron chi connectivity index (χ1n) is 5.19. The van der Waals surface area contributed by atoms with Crippen LogP contribution in [0.4, 0.5) is 0 Å². The summed E-state index contributed by atoms with van der Waals surface area (Å²) in [6.07, 6.45) is 7.78. The van der Waals surface area contributed by atoms with Gasteiger partial charge in [0.25, 0.3) is 0 Å². The van der Waals surface area contributed by atoms with E-state index in [0.29, 0.717) is 12.5 Å². The van der Waals surface area contributed by atoms with E-state index in [2.05, 4.69) is 23.5 Å². The number of terminal acetylenes is 1. The lowest BCUT2D eigenvalue weighted by molar-refractivity contribution is -0.123. The third-order valence-corrected chi connectivity index (χ3v) is 2.70. The summed E-state index contributed by atoms with van der Waals surface area (Å²) in [5.74, 6) is 2.85. The van der Waals surface area contributed by atoms with Crippen molar-refractivity contribution < 1.29 is 4.79 Å². The Kier molecular flexibility index (Phi) is 3.97. The highest BCUT2D eigenvalue weighted by Crippen LogP contribution is 2.10. The van der Waals surface area contributed by atoms with Gasteiger partial charge in [-0.3, -0.25) is 10.1 Å². The van der Waals surface area contributed by atoms with Crippen LogP contribution in [0.1, 0.15) is 33.1 Å². The largest absolute Gasteiger partial charge is 0.352 e. The van der Waals surface area contributed by atoms with Gasteiger partial charge in [-0.2, -0.15) is 0 Å². The molecule has 0 aliphatic carbocycles. The van der Waals surface area contributed by atoms with E-state index in [1.165, 1.54) is 0 Å². The monoisotopic (exact) mass is 194 g/mol. The van der Waals surface area contributed by atoms with Crippen molar-refractivity contribution in [1.82, 2.24) is 10.6 Å². The Hall–Kier alpha value is -1.01. The first-order chi connectivity index (χ1) is 6.67. The van der Waals surface area contributed by atoms with Gasteiger partial charge in [-0.1, -0.05) is 12.8 Å². The summed E-state index contributed by atoms with van der Waals surface area (Å²) in [7, 11) is 0. The van der Waals surface area contributed by atoms with Crippen molar-refractivity contribution in [1.29, 1.82) is 0 Å². The van der Waals surface area contributed by atoms with Crippen LogP contribution >= 0.6 is 0 Å². The summed E-state index contributed by atoms with van der Waals surface area (Å²) in [5, 5.41) is 6.29. The summed E-state index contributed by atoms with van der Waals surface area (Å²) in [6, 6.07) is 0.616. The Bertz CT molecular complexity index is 244. The lowest BCUT2D eigenvalue weighted by atomic mass is 9.98. The Morgan fingerprint density at radius 2 is 2.50 bits per heavy atom. The predicted molar refractivity (Wildman–Crippen MR) is 56.7 cm³/mol. The zero-order chi connectivity index (χ0) is 10.6. The topological polar surface area (TPSA) is 41.1 Å². The molecule has 1 fully saturated rings. The highest BCUT2D eigenvalue weighted by molar-refractivity contribution is 5.77. The molecule has 1 amide bonds. The minimum atomic E-state index is 0.123. The molecular weight excluding hydrogens is 176 g/mol. The summed E-state index contributed by atoms with van der Waals surface area (Å²) in [5.41, 5.74) is 0. The molecule has 3 unspecified atom stereocenters. The number of carbonyl (C=O) groups excluding carboxylic acids is 1. The number of carbonyl (C=O) groups is 1. The maximum atomic E-state index is 11.1. The molecule has 1 aliphatic rings. The fraction of sp³-hybridized carbons (Fsp3) is 0.727. The average molecular weight is 194 g/mol. The minimum absolute atomic E-state index is 0.123. The maximum absolute atomic E-state index is 11.1. The van der Waals surface area contributed by atoms with E-state index in [0.717, 1.165) is 12.8 Å². The molecule has 3 nitrogen and oxygen atoms in total. The maximum Gasteiger partial charge on any atom is 0.220 e. The fourth-order valence-electron chi connectivity index (χ4n) is 1.73. The molecule has 0 bridgehead atoms. The highest BCUT2D eigenvalue weighted by atomic mass is 16.1. The first kappa shape index (κ1) is 11.1. The first-order valence-corrected chi connectivity index (χ1v) is 5.19. The molecule has 0 aromatic rings. The van der Waals surface area contributed by atoms with Gasteiger partial charge in [-0.05, 0) is 19.8 Å².